The molecule has 1 amide bonds. The van der Waals surface area contributed by atoms with Gasteiger partial charge >= 0.3 is 0 Å². The van der Waals surface area contributed by atoms with Gasteiger partial charge in [0, 0.05) is 18.7 Å². The number of aryl methyl sites for hydroxylation is 2. The number of carbonyl (C=O) groups is 1. The van der Waals surface area contributed by atoms with E-state index in [0.717, 1.165) is 37.8 Å². The minimum absolute atomic E-state index is 0.00660. The number of piperidine rings is 1. The van der Waals surface area contributed by atoms with Gasteiger partial charge in [-0.05, 0) is 55.4 Å². The Labute approximate surface area is 113 Å². The van der Waals surface area contributed by atoms with Crippen molar-refractivity contribution in [3.63, 3.8) is 0 Å². The number of hydrogen-bond acceptors (Lipinski definition) is 2. The summed E-state index contributed by atoms with van der Waals surface area (Å²) in [6.07, 6.45) is 5.30. The third kappa shape index (κ3) is 2.35. The zero-order chi connectivity index (χ0) is 13.2. The number of carbonyl (C=O) groups excluding carboxylic acids is 1. The summed E-state index contributed by atoms with van der Waals surface area (Å²) < 4.78 is 0. The van der Waals surface area contributed by atoms with Crippen molar-refractivity contribution in [1.82, 2.24) is 4.90 Å². The predicted octanol–water partition coefficient (Wildman–Crippen LogP) is 2.55. The molecule has 1 aliphatic carbocycles. The van der Waals surface area contributed by atoms with Crippen LogP contribution in [0.5, 0.6) is 0 Å². The Morgan fingerprint density at radius 1 is 1.26 bits per heavy atom. The van der Waals surface area contributed by atoms with Crippen molar-refractivity contribution in [2.75, 3.05) is 13.1 Å². The summed E-state index contributed by atoms with van der Waals surface area (Å²) in [5, 5.41) is 9.00. The molecule has 1 aromatic carbocycles. The van der Waals surface area contributed by atoms with Crippen molar-refractivity contribution < 1.29 is 4.79 Å². The number of fused-ring (bicyclic) bond motifs is 1. The molecule has 0 N–H and O–H groups in total. The maximum Gasteiger partial charge on any atom is 0.253 e. The molecule has 1 saturated heterocycles. The number of hydrogen-bond donors (Lipinski definition) is 0. The Morgan fingerprint density at radius 2 is 2.11 bits per heavy atom. The van der Waals surface area contributed by atoms with E-state index in [9.17, 15) is 4.79 Å². The minimum atomic E-state index is 0.00660. The normalized spacial score (nSPS) is 21.8. The van der Waals surface area contributed by atoms with Crippen LogP contribution in [0.1, 0.15) is 40.7 Å². The first kappa shape index (κ1) is 12.2. The van der Waals surface area contributed by atoms with E-state index >= 15 is 0 Å². The average Bonchev–Trinajstić information content (AvgIpc) is 2.94. The highest BCUT2D eigenvalue weighted by Gasteiger charge is 2.25. The highest BCUT2D eigenvalue weighted by atomic mass is 16.2. The highest BCUT2D eigenvalue weighted by molar-refractivity contribution is 5.94. The van der Waals surface area contributed by atoms with Gasteiger partial charge in [0.1, 0.15) is 0 Å². The third-order valence-corrected chi connectivity index (χ3v) is 4.24. The molecular weight excluding hydrogens is 236 g/mol. The van der Waals surface area contributed by atoms with Crippen LogP contribution in [0.2, 0.25) is 0 Å². The lowest BCUT2D eigenvalue weighted by molar-refractivity contribution is 0.0698. The van der Waals surface area contributed by atoms with E-state index in [1.54, 1.807) is 0 Å². The summed E-state index contributed by atoms with van der Waals surface area (Å²) in [7, 11) is 0. The lowest BCUT2D eigenvalue weighted by atomic mass is 9.98. The van der Waals surface area contributed by atoms with Crippen LogP contribution in [0.25, 0.3) is 0 Å². The summed E-state index contributed by atoms with van der Waals surface area (Å²) in [5.74, 6) is 0.0989. The van der Waals surface area contributed by atoms with Crippen molar-refractivity contribution in [3.05, 3.63) is 34.9 Å². The monoisotopic (exact) mass is 254 g/mol. The molecule has 1 aliphatic heterocycles. The quantitative estimate of drug-likeness (QED) is 0.773. The Bertz CT molecular complexity index is 544. The third-order valence-electron chi connectivity index (χ3n) is 4.24. The molecule has 1 atom stereocenters. The van der Waals surface area contributed by atoms with E-state index in [1.807, 2.05) is 11.0 Å². The summed E-state index contributed by atoms with van der Waals surface area (Å²) in [6.45, 7) is 1.38. The van der Waals surface area contributed by atoms with Gasteiger partial charge in [-0.2, -0.15) is 5.26 Å². The van der Waals surface area contributed by atoms with Gasteiger partial charge in [-0.3, -0.25) is 4.79 Å². The second-order valence-electron chi connectivity index (χ2n) is 5.56. The van der Waals surface area contributed by atoms with Crippen LogP contribution in [0, 0.1) is 17.2 Å². The van der Waals surface area contributed by atoms with Gasteiger partial charge in [0.25, 0.3) is 5.91 Å². The van der Waals surface area contributed by atoms with E-state index < -0.39 is 0 Å². The van der Waals surface area contributed by atoms with Crippen molar-refractivity contribution in [2.24, 2.45) is 5.92 Å². The molecule has 0 saturated carbocycles. The molecule has 0 aromatic heterocycles. The zero-order valence-electron chi connectivity index (χ0n) is 11.1. The van der Waals surface area contributed by atoms with Gasteiger partial charge in [-0.15, -0.1) is 0 Å². The van der Waals surface area contributed by atoms with E-state index in [2.05, 4.69) is 18.2 Å². The predicted molar refractivity (Wildman–Crippen MR) is 72.7 cm³/mol. The van der Waals surface area contributed by atoms with Gasteiger partial charge < -0.3 is 4.90 Å². The van der Waals surface area contributed by atoms with Crippen LogP contribution in [0.4, 0.5) is 0 Å². The number of rotatable bonds is 1. The second-order valence-corrected chi connectivity index (χ2v) is 5.56. The summed E-state index contributed by atoms with van der Waals surface area (Å²) in [5.41, 5.74) is 3.52. The molecule has 1 heterocycles. The molecule has 3 heteroatoms. The average molecular weight is 254 g/mol. The molecule has 1 unspecified atom stereocenters. The van der Waals surface area contributed by atoms with Crippen LogP contribution in [0.3, 0.4) is 0 Å². The Morgan fingerprint density at radius 3 is 2.95 bits per heavy atom. The van der Waals surface area contributed by atoms with Gasteiger partial charge in [0.15, 0.2) is 0 Å². The Hall–Kier alpha value is -1.82. The first-order valence-corrected chi connectivity index (χ1v) is 7.08. The molecule has 2 aliphatic rings. The van der Waals surface area contributed by atoms with Gasteiger partial charge in [0.2, 0.25) is 0 Å². The molecule has 3 nitrogen and oxygen atoms in total. The van der Waals surface area contributed by atoms with Crippen LogP contribution >= 0.6 is 0 Å². The Balaban J connectivity index is 1.78. The largest absolute Gasteiger partial charge is 0.337 e. The number of benzene rings is 1. The van der Waals surface area contributed by atoms with Crippen molar-refractivity contribution in [2.45, 2.75) is 32.1 Å². The van der Waals surface area contributed by atoms with Crippen molar-refractivity contribution >= 4 is 5.91 Å². The fraction of sp³-hybridized carbons (Fsp3) is 0.500. The fourth-order valence-corrected chi connectivity index (χ4v) is 3.15. The lowest BCUT2D eigenvalue weighted by Gasteiger charge is -2.29. The molecular formula is C16H18N2O. The number of nitrogens with zero attached hydrogens (tertiary/aromatic N) is 2. The van der Waals surface area contributed by atoms with Crippen LogP contribution in [-0.4, -0.2) is 23.9 Å². The molecule has 0 bridgehead atoms. The standard InChI is InChI=1S/C16H18N2O/c17-10-12-3-2-8-18(11-12)16(19)15-7-6-13-4-1-5-14(13)9-15/h6-7,9,12H,1-5,8,11H2. The topological polar surface area (TPSA) is 44.1 Å². The van der Waals surface area contributed by atoms with Crippen LogP contribution < -0.4 is 0 Å². The van der Waals surface area contributed by atoms with Crippen LogP contribution in [-0.2, 0) is 12.8 Å². The van der Waals surface area contributed by atoms with E-state index in [0.29, 0.717) is 6.54 Å². The minimum Gasteiger partial charge on any atom is -0.337 e. The smallest absolute Gasteiger partial charge is 0.253 e. The van der Waals surface area contributed by atoms with Gasteiger partial charge in [0.05, 0.1) is 12.0 Å². The molecule has 0 spiro atoms. The number of amides is 1. The van der Waals surface area contributed by atoms with E-state index in [1.165, 1.54) is 17.5 Å². The fourth-order valence-electron chi connectivity index (χ4n) is 3.15. The maximum absolute atomic E-state index is 12.5. The summed E-state index contributed by atoms with van der Waals surface area (Å²) in [4.78, 5) is 14.3. The SMILES string of the molecule is N#CC1CCCN(C(=O)c2ccc3c(c2)CCC3)C1. The molecule has 19 heavy (non-hydrogen) atoms. The van der Waals surface area contributed by atoms with Gasteiger partial charge in [-0.25, -0.2) is 0 Å². The zero-order valence-corrected chi connectivity index (χ0v) is 11.1. The molecule has 0 radical (unpaired) electrons. The molecule has 3 rings (SSSR count). The van der Waals surface area contributed by atoms with Crippen LogP contribution in [0.15, 0.2) is 18.2 Å². The second kappa shape index (κ2) is 5.05. The number of likely N-dealkylation sites (tertiary alicyclic amines) is 1. The maximum atomic E-state index is 12.5. The first-order chi connectivity index (χ1) is 9.28. The van der Waals surface area contributed by atoms with E-state index in [-0.39, 0.29) is 11.8 Å². The summed E-state index contributed by atoms with van der Waals surface area (Å²) in [6, 6.07) is 8.39. The summed E-state index contributed by atoms with van der Waals surface area (Å²) >= 11 is 0. The molecule has 98 valence electrons. The molecule has 1 fully saturated rings. The van der Waals surface area contributed by atoms with Gasteiger partial charge in [-0.1, -0.05) is 6.07 Å². The highest BCUT2D eigenvalue weighted by Crippen LogP contribution is 2.24. The van der Waals surface area contributed by atoms with Crippen molar-refractivity contribution in [3.8, 4) is 6.07 Å². The first-order valence-electron chi connectivity index (χ1n) is 7.08. The number of nitriles is 1. The van der Waals surface area contributed by atoms with Crippen molar-refractivity contribution in [1.29, 1.82) is 5.26 Å². The van der Waals surface area contributed by atoms with E-state index in [4.69, 9.17) is 5.26 Å². The molecule has 1 aromatic rings. The Kier molecular flexibility index (Phi) is 3.25. The lowest BCUT2D eigenvalue weighted by Crippen LogP contribution is -2.39.